The van der Waals surface area contributed by atoms with Gasteiger partial charge in [0.15, 0.2) is 0 Å². The molecule has 1 amide bonds. The number of fused-ring (bicyclic) bond motifs is 1. The number of ether oxygens (including phenoxy) is 1. The van der Waals surface area contributed by atoms with Crippen molar-refractivity contribution in [1.82, 2.24) is 20.2 Å². The molecule has 2 saturated heterocycles. The van der Waals surface area contributed by atoms with E-state index >= 15 is 0 Å². The molecular weight excluding hydrogens is 308 g/mol. The van der Waals surface area contributed by atoms with Gasteiger partial charge in [0.2, 0.25) is 0 Å². The highest BCUT2D eigenvalue weighted by Crippen LogP contribution is 2.30. The number of aromatic nitrogens is 2. The van der Waals surface area contributed by atoms with Gasteiger partial charge in [-0.3, -0.25) is 14.7 Å². The average molecular weight is 328 g/mol. The Morgan fingerprint density at radius 3 is 3.17 bits per heavy atom. The molecule has 0 bridgehead atoms. The van der Waals surface area contributed by atoms with Gasteiger partial charge >= 0.3 is 0 Å². The number of furan rings is 1. The molecule has 4 rings (SSSR count). The predicted molar refractivity (Wildman–Crippen MR) is 85.2 cm³/mol. The summed E-state index contributed by atoms with van der Waals surface area (Å²) in [5, 5.41) is 3.07. The maximum atomic E-state index is 12.4. The molecule has 7 nitrogen and oxygen atoms in total. The first-order chi connectivity index (χ1) is 11.8. The van der Waals surface area contributed by atoms with Gasteiger partial charge in [-0.1, -0.05) is 0 Å². The number of nitrogens with zero attached hydrogens (tertiary/aromatic N) is 3. The van der Waals surface area contributed by atoms with Gasteiger partial charge in [-0.25, -0.2) is 4.98 Å². The van der Waals surface area contributed by atoms with Crippen LogP contribution in [0.25, 0.3) is 0 Å². The Labute approximate surface area is 140 Å². The van der Waals surface area contributed by atoms with Crippen molar-refractivity contribution >= 4 is 5.91 Å². The van der Waals surface area contributed by atoms with Gasteiger partial charge in [-0.05, 0) is 18.9 Å². The van der Waals surface area contributed by atoms with Crippen LogP contribution in [0.2, 0.25) is 0 Å². The molecule has 7 heteroatoms. The molecule has 3 atom stereocenters. The van der Waals surface area contributed by atoms with Gasteiger partial charge in [-0.15, -0.1) is 0 Å². The second-order valence-electron chi connectivity index (χ2n) is 6.28. The summed E-state index contributed by atoms with van der Waals surface area (Å²) in [6.07, 6.45) is 10.2. The minimum absolute atomic E-state index is 0.0197. The molecule has 2 aromatic heterocycles. The monoisotopic (exact) mass is 328 g/mol. The van der Waals surface area contributed by atoms with Crippen LogP contribution in [-0.4, -0.2) is 52.1 Å². The first-order valence-electron chi connectivity index (χ1n) is 8.25. The molecule has 0 saturated carbocycles. The Hall–Kier alpha value is -2.25. The van der Waals surface area contributed by atoms with Crippen LogP contribution in [0.5, 0.6) is 0 Å². The van der Waals surface area contributed by atoms with Gasteiger partial charge in [-0.2, -0.15) is 0 Å². The minimum atomic E-state index is -0.203. The van der Waals surface area contributed by atoms with E-state index in [-0.39, 0.29) is 18.1 Å². The van der Waals surface area contributed by atoms with Gasteiger partial charge in [0.05, 0.1) is 30.9 Å². The predicted octanol–water partition coefficient (Wildman–Crippen LogP) is 1.23. The highest BCUT2D eigenvalue weighted by atomic mass is 16.5. The van der Waals surface area contributed by atoms with Crippen LogP contribution in [0, 0.1) is 0 Å². The van der Waals surface area contributed by atoms with Crippen molar-refractivity contribution < 1.29 is 13.9 Å². The number of likely N-dealkylation sites (tertiary alicyclic amines) is 1. The number of hydrogen-bond donors (Lipinski definition) is 1. The van der Waals surface area contributed by atoms with E-state index in [1.807, 2.05) is 6.07 Å². The number of hydrogen-bond acceptors (Lipinski definition) is 6. The minimum Gasteiger partial charge on any atom is -0.472 e. The number of rotatable bonds is 4. The Balaban J connectivity index is 1.47. The summed E-state index contributed by atoms with van der Waals surface area (Å²) in [5.41, 5.74) is 1.47. The number of nitrogens with one attached hydrogen (secondary N) is 1. The van der Waals surface area contributed by atoms with Crippen LogP contribution in [-0.2, 0) is 11.3 Å². The van der Waals surface area contributed by atoms with Crippen LogP contribution < -0.4 is 5.32 Å². The summed E-state index contributed by atoms with van der Waals surface area (Å²) in [7, 11) is 0. The molecule has 1 N–H and O–H groups in total. The van der Waals surface area contributed by atoms with Crippen molar-refractivity contribution in [2.45, 2.75) is 37.6 Å². The van der Waals surface area contributed by atoms with Crippen molar-refractivity contribution in [2.24, 2.45) is 0 Å². The van der Waals surface area contributed by atoms with Gasteiger partial charge in [0.25, 0.3) is 5.91 Å². The quantitative estimate of drug-likeness (QED) is 0.909. The molecule has 0 aliphatic carbocycles. The highest BCUT2D eigenvalue weighted by molar-refractivity contribution is 5.92. The fourth-order valence-electron chi connectivity index (χ4n) is 3.64. The lowest BCUT2D eigenvalue weighted by atomic mass is 10.0. The third-order valence-electron chi connectivity index (χ3n) is 4.71. The number of amides is 1. The summed E-state index contributed by atoms with van der Waals surface area (Å²) < 4.78 is 11.2. The molecule has 24 heavy (non-hydrogen) atoms. The van der Waals surface area contributed by atoms with Crippen molar-refractivity contribution in [2.75, 3.05) is 13.2 Å². The molecule has 4 heterocycles. The molecule has 2 fully saturated rings. The standard InChI is InChI=1S/C17H20N4O3/c22-17(13-8-18-4-5-19-13)20-14-10-21(9-12-3-7-23-11-12)15-2-1-6-24-16(14)15/h3-5,7-8,11,14-16H,1-2,6,9-10H2,(H,20,22)/t14-,15-,16-/m1/s1. The van der Waals surface area contributed by atoms with E-state index in [0.29, 0.717) is 11.7 Å². The smallest absolute Gasteiger partial charge is 0.271 e. The third-order valence-corrected chi connectivity index (χ3v) is 4.71. The van der Waals surface area contributed by atoms with Crippen LogP contribution in [0.4, 0.5) is 0 Å². The molecular formula is C17H20N4O3. The topological polar surface area (TPSA) is 80.5 Å². The normalized spacial score (nSPS) is 26.9. The second-order valence-corrected chi connectivity index (χ2v) is 6.28. The third kappa shape index (κ3) is 3.05. The lowest BCUT2D eigenvalue weighted by molar-refractivity contribution is -0.0211. The zero-order valence-electron chi connectivity index (χ0n) is 13.3. The van der Waals surface area contributed by atoms with Crippen molar-refractivity contribution in [3.8, 4) is 0 Å². The lowest BCUT2D eigenvalue weighted by Crippen LogP contribution is -2.47. The summed E-state index contributed by atoms with van der Waals surface area (Å²) in [6.45, 7) is 2.31. The molecule has 2 aliphatic rings. The van der Waals surface area contributed by atoms with Gasteiger partial charge in [0, 0.05) is 43.7 Å². The van der Waals surface area contributed by atoms with Crippen LogP contribution in [0.3, 0.4) is 0 Å². The number of carbonyl (C=O) groups excluding carboxylic acids is 1. The first-order valence-corrected chi connectivity index (χ1v) is 8.25. The zero-order valence-corrected chi connectivity index (χ0v) is 13.3. The van der Waals surface area contributed by atoms with Crippen molar-refractivity contribution in [1.29, 1.82) is 0 Å². The SMILES string of the molecule is O=C(N[C@@H]1CN(Cc2ccoc2)[C@@H]2CCCO[C@@H]21)c1cnccn1. The molecule has 0 unspecified atom stereocenters. The van der Waals surface area contributed by atoms with Crippen LogP contribution in [0.1, 0.15) is 28.9 Å². The number of carbonyl (C=O) groups is 1. The van der Waals surface area contributed by atoms with Gasteiger partial charge in [0.1, 0.15) is 5.69 Å². The van der Waals surface area contributed by atoms with E-state index in [4.69, 9.17) is 9.15 Å². The van der Waals surface area contributed by atoms with Crippen LogP contribution in [0.15, 0.2) is 41.6 Å². The van der Waals surface area contributed by atoms with Crippen LogP contribution >= 0.6 is 0 Å². The molecule has 2 aromatic rings. The van der Waals surface area contributed by atoms with E-state index < -0.39 is 0 Å². The Kier molecular flexibility index (Phi) is 4.27. The fourth-order valence-corrected chi connectivity index (χ4v) is 3.64. The van der Waals surface area contributed by atoms with Crippen molar-refractivity contribution in [3.05, 3.63) is 48.4 Å². The molecule has 2 aliphatic heterocycles. The first kappa shape index (κ1) is 15.3. The Morgan fingerprint density at radius 2 is 2.38 bits per heavy atom. The van der Waals surface area contributed by atoms with E-state index in [0.717, 1.165) is 38.1 Å². The zero-order chi connectivity index (χ0) is 16.4. The molecule has 0 radical (unpaired) electrons. The average Bonchev–Trinajstić information content (AvgIpc) is 3.25. The Morgan fingerprint density at radius 1 is 1.42 bits per heavy atom. The maximum Gasteiger partial charge on any atom is 0.271 e. The van der Waals surface area contributed by atoms with Gasteiger partial charge < -0.3 is 14.5 Å². The lowest BCUT2D eigenvalue weighted by Gasteiger charge is -2.32. The van der Waals surface area contributed by atoms with E-state index in [9.17, 15) is 4.79 Å². The van der Waals surface area contributed by atoms with E-state index in [2.05, 4.69) is 20.2 Å². The molecule has 126 valence electrons. The highest BCUT2D eigenvalue weighted by Gasteiger charge is 2.44. The summed E-state index contributed by atoms with van der Waals surface area (Å²) in [5.74, 6) is -0.203. The largest absolute Gasteiger partial charge is 0.472 e. The molecule has 0 spiro atoms. The Bertz CT molecular complexity index is 676. The summed E-state index contributed by atoms with van der Waals surface area (Å²) in [4.78, 5) is 22.8. The van der Waals surface area contributed by atoms with E-state index in [1.165, 1.54) is 12.4 Å². The summed E-state index contributed by atoms with van der Waals surface area (Å²) in [6, 6.07) is 2.25. The van der Waals surface area contributed by atoms with Crippen molar-refractivity contribution in [3.63, 3.8) is 0 Å². The van der Waals surface area contributed by atoms with E-state index in [1.54, 1.807) is 18.7 Å². The molecule has 0 aromatic carbocycles. The maximum absolute atomic E-state index is 12.4. The second kappa shape index (κ2) is 6.70. The fraction of sp³-hybridized carbons (Fsp3) is 0.471. The summed E-state index contributed by atoms with van der Waals surface area (Å²) >= 11 is 0.